The van der Waals surface area contributed by atoms with Gasteiger partial charge in [0.15, 0.2) is 33.1 Å². The van der Waals surface area contributed by atoms with E-state index in [-0.39, 0.29) is 45.8 Å². The molecule has 0 saturated carbocycles. The lowest BCUT2D eigenvalue weighted by Crippen LogP contribution is -2.37. The predicted molar refractivity (Wildman–Crippen MR) is 173 cm³/mol. The van der Waals surface area contributed by atoms with E-state index in [2.05, 4.69) is 20.4 Å². The number of alkyl halides is 2. The molecule has 1 aliphatic heterocycles. The van der Waals surface area contributed by atoms with Gasteiger partial charge in [-0.2, -0.15) is 9.49 Å². The summed E-state index contributed by atoms with van der Waals surface area (Å²) in [6.45, 7) is 0.535. The number of rotatable bonds is 4. The van der Waals surface area contributed by atoms with Gasteiger partial charge in [-0.3, -0.25) is 10.1 Å². The Bertz CT molecular complexity index is 2200. The van der Waals surface area contributed by atoms with Crippen LogP contribution in [-0.2, 0) is 34.5 Å². The number of aromatic amines is 1. The minimum Gasteiger partial charge on any atom is -0.481 e. The van der Waals surface area contributed by atoms with Gasteiger partial charge in [0, 0.05) is 30.6 Å². The number of aliphatic carboxylic acids is 1. The van der Waals surface area contributed by atoms with Crippen molar-refractivity contribution in [2.75, 3.05) is 18.1 Å². The molecule has 0 amide bonds. The highest BCUT2D eigenvalue weighted by Crippen LogP contribution is 2.39. The zero-order valence-corrected chi connectivity index (χ0v) is 27.6. The van der Waals surface area contributed by atoms with Crippen LogP contribution in [0, 0.1) is 23.4 Å². The molecule has 16 heteroatoms. The lowest BCUT2D eigenvalue weighted by atomic mass is 9.97. The molecule has 1 unspecified atom stereocenters. The first-order valence-corrected chi connectivity index (χ1v) is 17.4. The number of sulfone groups is 1. The molecule has 50 heavy (non-hydrogen) atoms. The molecule has 3 heterocycles. The van der Waals surface area contributed by atoms with Crippen LogP contribution in [0.25, 0.3) is 22.3 Å². The first-order valence-electron chi connectivity index (χ1n) is 15.6. The quantitative estimate of drug-likeness (QED) is 0.189. The third-order valence-corrected chi connectivity index (χ3v) is 10.3. The summed E-state index contributed by atoms with van der Waals surface area (Å²) in [6, 6.07) is 10.2. The van der Waals surface area contributed by atoms with E-state index in [4.69, 9.17) is 4.74 Å². The van der Waals surface area contributed by atoms with E-state index in [1.165, 1.54) is 43.0 Å². The number of carboxylic acids is 1. The third kappa shape index (κ3) is 7.21. The molecule has 2 aromatic heterocycles. The number of hydrogen-bond donors (Lipinski definition) is 3. The van der Waals surface area contributed by atoms with Gasteiger partial charge in [0.2, 0.25) is 5.82 Å². The Balaban J connectivity index is 1.49. The van der Waals surface area contributed by atoms with Crippen molar-refractivity contribution in [3.8, 4) is 22.9 Å². The number of carbonyl (C=O) groups is 1. The second-order valence-corrected chi connectivity index (χ2v) is 14.7. The topological polar surface area (TPSA) is 139 Å². The van der Waals surface area contributed by atoms with Crippen molar-refractivity contribution in [2.45, 2.75) is 38.2 Å². The number of aryl methyl sites for hydroxylation is 2. The predicted octanol–water partition coefficient (Wildman–Crippen LogP) is 6.11. The van der Waals surface area contributed by atoms with E-state index in [9.17, 15) is 18.3 Å². The summed E-state index contributed by atoms with van der Waals surface area (Å²) in [5.41, 5.74) is 0.589. The SMILES string of the molecule is C[C@H](Cc1cccc(C2NCC(F)(F)CCS(=O)(=O)CCc3c(c(F)c(F)c4[nH]ccc34)Oc3ccc(F)c(c3)-c3nc2nn3C)c1)C(=O)O. The normalized spacial score (nSPS) is 18.4. The molecule has 3 aromatic carbocycles. The standard InChI is InChI=1S/C34H32F5N5O5S/c1-18(33(45)46)14-19-4-3-5-20(15-19)28-31-42-32(44(2)43-31)24-16-21(6-7-25(24)35)49-30-23(22-8-11-40-29(22)26(36)27(30)37)9-12-50(47,48)13-10-34(38,39)17-41-28/h3-8,11,15-16,18,28,40-41H,9-10,12-14,17H2,1-2H3,(H,45,46)/t18-,28?/m1/s1. The Hall–Kier alpha value is -4.83. The van der Waals surface area contributed by atoms with Gasteiger partial charge in [0.1, 0.15) is 11.6 Å². The Labute approximate surface area is 283 Å². The van der Waals surface area contributed by atoms with Gasteiger partial charge in [-0.05, 0) is 48.2 Å². The summed E-state index contributed by atoms with van der Waals surface area (Å²) in [6.07, 6.45) is 0.0318. The lowest BCUT2D eigenvalue weighted by Gasteiger charge is -2.22. The molecule has 3 N–H and O–H groups in total. The van der Waals surface area contributed by atoms with Crippen molar-refractivity contribution in [3.63, 3.8) is 0 Å². The van der Waals surface area contributed by atoms with Crippen molar-refractivity contribution < 1.29 is 45.0 Å². The fraction of sp³-hybridized carbons (Fsp3) is 0.324. The summed E-state index contributed by atoms with van der Waals surface area (Å²) >= 11 is 0. The zero-order valence-electron chi connectivity index (χ0n) is 26.8. The van der Waals surface area contributed by atoms with E-state index in [1.807, 2.05) is 0 Å². The summed E-state index contributed by atoms with van der Waals surface area (Å²) in [7, 11) is -2.70. The van der Waals surface area contributed by atoms with E-state index in [0.29, 0.717) is 11.1 Å². The van der Waals surface area contributed by atoms with Gasteiger partial charge in [-0.25, -0.2) is 35.6 Å². The maximum Gasteiger partial charge on any atom is 0.306 e. The molecule has 10 nitrogen and oxygen atoms in total. The van der Waals surface area contributed by atoms with Gasteiger partial charge in [-0.15, -0.1) is 0 Å². The average Bonchev–Trinajstić information content (AvgIpc) is 3.70. The number of fused-ring (bicyclic) bond motifs is 8. The summed E-state index contributed by atoms with van der Waals surface area (Å²) in [4.78, 5) is 18.5. The number of H-pyrrole nitrogens is 1. The largest absolute Gasteiger partial charge is 0.481 e. The van der Waals surface area contributed by atoms with Crippen LogP contribution in [0.4, 0.5) is 22.0 Å². The van der Waals surface area contributed by atoms with Crippen molar-refractivity contribution in [1.82, 2.24) is 25.1 Å². The number of halogens is 5. The summed E-state index contributed by atoms with van der Waals surface area (Å²) in [5, 5.41) is 16.7. The maximum absolute atomic E-state index is 15.5. The fourth-order valence-electron chi connectivity index (χ4n) is 5.94. The molecule has 5 aromatic rings. The molecular formula is C34H32F5N5O5S. The number of nitrogens with one attached hydrogen (secondary N) is 2. The molecule has 4 bridgehead atoms. The summed E-state index contributed by atoms with van der Waals surface area (Å²) < 4.78 is 110. The van der Waals surface area contributed by atoms with Crippen molar-refractivity contribution in [3.05, 3.63) is 94.7 Å². The number of aromatic nitrogens is 4. The second-order valence-electron chi connectivity index (χ2n) is 12.4. The number of ether oxygens (including phenoxy) is 1. The average molecular weight is 718 g/mol. The molecule has 0 saturated heterocycles. The van der Waals surface area contributed by atoms with Crippen LogP contribution in [0.2, 0.25) is 0 Å². The molecular weight excluding hydrogens is 685 g/mol. The lowest BCUT2D eigenvalue weighted by molar-refractivity contribution is -0.141. The van der Waals surface area contributed by atoms with Crippen LogP contribution < -0.4 is 10.1 Å². The van der Waals surface area contributed by atoms with Crippen molar-refractivity contribution in [2.24, 2.45) is 13.0 Å². The first-order chi connectivity index (χ1) is 23.6. The Kier molecular flexibility index (Phi) is 9.43. The third-order valence-electron chi connectivity index (χ3n) is 8.65. The first kappa shape index (κ1) is 35.0. The van der Waals surface area contributed by atoms with Gasteiger partial charge in [-0.1, -0.05) is 31.2 Å². The number of hydrogen-bond acceptors (Lipinski definition) is 7. The number of benzene rings is 3. The van der Waals surface area contributed by atoms with Crippen molar-refractivity contribution in [1.29, 1.82) is 0 Å². The number of nitrogens with zero attached hydrogens (tertiary/aromatic N) is 3. The summed E-state index contributed by atoms with van der Waals surface area (Å²) in [5.74, 6) is -11.2. The molecule has 1 aliphatic rings. The van der Waals surface area contributed by atoms with Crippen LogP contribution in [0.5, 0.6) is 11.5 Å². The number of carboxylic acid groups (broad SMARTS) is 1. The monoisotopic (exact) mass is 717 g/mol. The molecule has 0 radical (unpaired) electrons. The molecule has 0 spiro atoms. The Morgan fingerprint density at radius 2 is 1.90 bits per heavy atom. The van der Waals surface area contributed by atoms with E-state index >= 15 is 22.0 Å². The van der Waals surface area contributed by atoms with Gasteiger partial charge in [0.05, 0.1) is 41.1 Å². The van der Waals surface area contributed by atoms with Gasteiger partial charge < -0.3 is 14.8 Å². The Morgan fingerprint density at radius 3 is 2.66 bits per heavy atom. The van der Waals surface area contributed by atoms with Crippen molar-refractivity contribution >= 4 is 26.7 Å². The highest BCUT2D eigenvalue weighted by molar-refractivity contribution is 7.91. The molecule has 6 rings (SSSR count). The van der Waals surface area contributed by atoms with Crippen LogP contribution >= 0.6 is 0 Å². The van der Waals surface area contributed by atoms with Gasteiger partial charge >= 0.3 is 5.97 Å². The maximum atomic E-state index is 15.5. The van der Waals surface area contributed by atoms with Gasteiger partial charge in [0.25, 0.3) is 5.92 Å². The highest BCUT2D eigenvalue weighted by Gasteiger charge is 2.34. The molecule has 2 atom stereocenters. The highest BCUT2D eigenvalue weighted by atomic mass is 32.2. The fourth-order valence-corrected chi connectivity index (χ4v) is 7.27. The minimum absolute atomic E-state index is 0.0205. The van der Waals surface area contributed by atoms with E-state index < -0.39 is 87.8 Å². The molecule has 264 valence electrons. The van der Waals surface area contributed by atoms with E-state index in [0.717, 1.165) is 6.07 Å². The smallest absolute Gasteiger partial charge is 0.306 e. The van der Waals surface area contributed by atoms with Crippen LogP contribution in [-0.4, -0.2) is 63.2 Å². The Morgan fingerprint density at radius 1 is 1.12 bits per heavy atom. The van der Waals surface area contributed by atoms with E-state index in [1.54, 1.807) is 24.3 Å². The zero-order chi connectivity index (χ0) is 36.0. The minimum atomic E-state index is -4.15. The molecule has 0 fully saturated rings. The second kappa shape index (κ2) is 13.5. The van der Waals surface area contributed by atoms with Crippen LogP contribution in [0.3, 0.4) is 0 Å². The van der Waals surface area contributed by atoms with Crippen LogP contribution in [0.15, 0.2) is 54.7 Å². The molecule has 0 aliphatic carbocycles. The van der Waals surface area contributed by atoms with Crippen LogP contribution in [0.1, 0.15) is 41.9 Å².